The number of nitrogens with one attached hydrogen (secondary N) is 2. The molecule has 0 aromatic heterocycles. The minimum absolute atomic E-state index is 0.0976. The summed E-state index contributed by atoms with van der Waals surface area (Å²) in [5.41, 5.74) is 1.16. The maximum Gasteiger partial charge on any atom is 0.220 e. The van der Waals surface area contributed by atoms with Crippen LogP contribution in [0.5, 0.6) is 0 Å². The van der Waals surface area contributed by atoms with Crippen molar-refractivity contribution in [3.05, 3.63) is 35.9 Å². The van der Waals surface area contributed by atoms with E-state index in [0.29, 0.717) is 12.3 Å². The van der Waals surface area contributed by atoms with Gasteiger partial charge in [0.25, 0.3) is 0 Å². The van der Waals surface area contributed by atoms with Crippen molar-refractivity contribution >= 4 is 5.91 Å². The van der Waals surface area contributed by atoms with Crippen LogP contribution in [0.1, 0.15) is 37.8 Å². The summed E-state index contributed by atoms with van der Waals surface area (Å²) >= 11 is 0. The lowest BCUT2D eigenvalue weighted by atomic mass is 9.94. The fourth-order valence-corrected chi connectivity index (χ4v) is 2.47. The zero-order valence-corrected chi connectivity index (χ0v) is 11.0. The third-order valence-electron chi connectivity index (χ3n) is 3.61. The van der Waals surface area contributed by atoms with Gasteiger partial charge in [0.15, 0.2) is 0 Å². The smallest absolute Gasteiger partial charge is 0.220 e. The highest BCUT2D eigenvalue weighted by molar-refractivity contribution is 5.76. The van der Waals surface area contributed by atoms with E-state index in [2.05, 4.69) is 22.8 Å². The van der Waals surface area contributed by atoms with Crippen LogP contribution in [0.25, 0.3) is 0 Å². The zero-order valence-electron chi connectivity index (χ0n) is 11.0. The van der Waals surface area contributed by atoms with E-state index in [4.69, 9.17) is 0 Å². The van der Waals surface area contributed by atoms with Crippen molar-refractivity contribution in [3.8, 4) is 0 Å². The third kappa shape index (κ3) is 3.84. The Labute approximate surface area is 109 Å². The van der Waals surface area contributed by atoms with Crippen LogP contribution in [0.4, 0.5) is 0 Å². The van der Waals surface area contributed by atoms with E-state index in [1.54, 1.807) is 0 Å². The predicted molar refractivity (Wildman–Crippen MR) is 73.2 cm³/mol. The molecule has 0 unspecified atom stereocenters. The van der Waals surface area contributed by atoms with E-state index in [1.807, 2.05) is 25.1 Å². The molecule has 1 aliphatic rings. The van der Waals surface area contributed by atoms with Crippen molar-refractivity contribution in [3.63, 3.8) is 0 Å². The summed E-state index contributed by atoms with van der Waals surface area (Å²) in [5.74, 6) is 0.729. The molecule has 2 rings (SSSR count). The fourth-order valence-electron chi connectivity index (χ4n) is 2.47. The lowest BCUT2D eigenvalue weighted by molar-refractivity contribution is -0.122. The molecule has 1 atom stereocenters. The minimum atomic E-state index is 0.0976. The van der Waals surface area contributed by atoms with Gasteiger partial charge in [0.05, 0.1) is 6.04 Å². The second-order valence-electron chi connectivity index (χ2n) is 5.10. The molecule has 1 aliphatic heterocycles. The van der Waals surface area contributed by atoms with E-state index in [1.165, 1.54) is 0 Å². The minimum Gasteiger partial charge on any atom is -0.350 e. The molecule has 1 saturated heterocycles. The second-order valence-corrected chi connectivity index (χ2v) is 5.10. The first kappa shape index (κ1) is 13.1. The van der Waals surface area contributed by atoms with Gasteiger partial charge in [0, 0.05) is 6.42 Å². The highest BCUT2D eigenvalue weighted by atomic mass is 16.1. The molecule has 98 valence electrons. The van der Waals surface area contributed by atoms with Gasteiger partial charge in [0.2, 0.25) is 5.91 Å². The lowest BCUT2D eigenvalue weighted by Gasteiger charge is -2.23. The topological polar surface area (TPSA) is 41.1 Å². The summed E-state index contributed by atoms with van der Waals surface area (Å²) in [6.07, 6.45) is 2.90. The molecular weight excluding hydrogens is 224 g/mol. The predicted octanol–water partition coefficient (Wildman–Crippen LogP) is 2.25. The van der Waals surface area contributed by atoms with Gasteiger partial charge in [-0.3, -0.25) is 4.79 Å². The highest BCUT2D eigenvalue weighted by Crippen LogP contribution is 2.17. The molecule has 1 amide bonds. The Morgan fingerprint density at radius 3 is 2.67 bits per heavy atom. The molecule has 1 aromatic rings. The first-order chi connectivity index (χ1) is 8.75. The maximum atomic E-state index is 12.0. The summed E-state index contributed by atoms with van der Waals surface area (Å²) in [7, 11) is 0. The van der Waals surface area contributed by atoms with E-state index in [-0.39, 0.29) is 11.9 Å². The summed E-state index contributed by atoms with van der Waals surface area (Å²) in [6.45, 7) is 4.13. The monoisotopic (exact) mass is 246 g/mol. The fraction of sp³-hybridized carbons (Fsp3) is 0.533. The number of piperidine rings is 1. The molecule has 0 spiro atoms. The number of hydrogen-bond donors (Lipinski definition) is 2. The van der Waals surface area contributed by atoms with E-state index in [0.717, 1.165) is 31.5 Å². The van der Waals surface area contributed by atoms with Crippen molar-refractivity contribution in [2.75, 3.05) is 13.1 Å². The van der Waals surface area contributed by atoms with Crippen LogP contribution < -0.4 is 10.6 Å². The van der Waals surface area contributed by atoms with Gasteiger partial charge >= 0.3 is 0 Å². The first-order valence-corrected chi connectivity index (χ1v) is 6.80. The Morgan fingerprint density at radius 2 is 2.00 bits per heavy atom. The lowest BCUT2D eigenvalue weighted by Crippen LogP contribution is -2.33. The van der Waals surface area contributed by atoms with Crippen molar-refractivity contribution in [2.45, 2.75) is 32.2 Å². The van der Waals surface area contributed by atoms with Gasteiger partial charge in [-0.15, -0.1) is 0 Å². The molecule has 3 heteroatoms. The first-order valence-electron chi connectivity index (χ1n) is 6.80. The van der Waals surface area contributed by atoms with Crippen LogP contribution in [0.3, 0.4) is 0 Å². The molecule has 18 heavy (non-hydrogen) atoms. The van der Waals surface area contributed by atoms with Crippen molar-refractivity contribution < 1.29 is 4.79 Å². The average molecular weight is 246 g/mol. The molecule has 1 aromatic carbocycles. The molecule has 2 N–H and O–H groups in total. The molecule has 1 fully saturated rings. The van der Waals surface area contributed by atoms with E-state index < -0.39 is 0 Å². The Morgan fingerprint density at radius 1 is 1.33 bits per heavy atom. The SMILES string of the molecule is C[C@@H](NC(=O)CC1CCNCC1)c1ccccc1. The quantitative estimate of drug-likeness (QED) is 0.855. The second kappa shape index (κ2) is 6.55. The number of benzene rings is 1. The standard InChI is InChI=1S/C15H22N2O/c1-12(14-5-3-2-4-6-14)17-15(18)11-13-7-9-16-10-8-13/h2-6,12-13,16H,7-11H2,1H3,(H,17,18)/t12-/m1/s1. The van der Waals surface area contributed by atoms with E-state index >= 15 is 0 Å². The molecule has 0 radical (unpaired) electrons. The number of carbonyl (C=O) groups is 1. The van der Waals surface area contributed by atoms with Crippen molar-refractivity contribution in [1.29, 1.82) is 0 Å². The molecule has 0 bridgehead atoms. The number of amides is 1. The molecular formula is C15H22N2O. The van der Waals surface area contributed by atoms with Gasteiger partial charge in [-0.2, -0.15) is 0 Å². The van der Waals surface area contributed by atoms with Crippen LogP contribution >= 0.6 is 0 Å². The summed E-state index contributed by atoms with van der Waals surface area (Å²) in [4.78, 5) is 12.0. The van der Waals surface area contributed by atoms with Crippen LogP contribution in [-0.2, 0) is 4.79 Å². The molecule has 0 aliphatic carbocycles. The van der Waals surface area contributed by atoms with E-state index in [9.17, 15) is 4.79 Å². The summed E-state index contributed by atoms with van der Waals surface area (Å²) < 4.78 is 0. The Balaban J connectivity index is 1.80. The molecule has 1 heterocycles. The molecule has 0 saturated carbocycles. The average Bonchev–Trinajstić information content (AvgIpc) is 2.40. The highest BCUT2D eigenvalue weighted by Gasteiger charge is 2.17. The van der Waals surface area contributed by atoms with Crippen LogP contribution in [0.2, 0.25) is 0 Å². The van der Waals surface area contributed by atoms with Gasteiger partial charge in [-0.1, -0.05) is 30.3 Å². The third-order valence-corrected chi connectivity index (χ3v) is 3.61. The Bertz CT molecular complexity index is 371. The van der Waals surface area contributed by atoms with Crippen LogP contribution in [0.15, 0.2) is 30.3 Å². The van der Waals surface area contributed by atoms with Crippen molar-refractivity contribution in [2.24, 2.45) is 5.92 Å². The van der Waals surface area contributed by atoms with Crippen LogP contribution in [-0.4, -0.2) is 19.0 Å². The number of carbonyl (C=O) groups excluding carboxylic acids is 1. The van der Waals surface area contributed by atoms with Gasteiger partial charge in [-0.05, 0) is 44.3 Å². The summed E-state index contributed by atoms with van der Waals surface area (Å²) in [5, 5.41) is 6.41. The normalized spacial score (nSPS) is 18.3. The van der Waals surface area contributed by atoms with Gasteiger partial charge < -0.3 is 10.6 Å². The summed E-state index contributed by atoms with van der Waals surface area (Å²) in [6, 6.07) is 10.2. The molecule has 3 nitrogen and oxygen atoms in total. The Kier molecular flexibility index (Phi) is 4.76. The Hall–Kier alpha value is -1.35. The number of rotatable bonds is 4. The van der Waals surface area contributed by atoms with Crippen molar-refractivity contribution in [1.82, 2.24) is 10.6 Å². The van der Waals surface area contributed by atoms with Gasteiger partial charge in [0.1, 0.15) is 0 Å². The largest absolute Gasteiger partial charge is 0.350 e. The van der Waals surface area contributed by atoms with Gasteiger partial charge in [-0.25, -0.2) is 0 Å². The van der Waals surface area contributed by atoms with Crippen LogP contribution in [0, 0.1) is 5.92 Å². The number of hydrogen-bond acceptors (Lipinski definition) is 2. The zero-order chi connectivity index (χ0) is 12.8. The maximum absolute atomic E-state index is 12.0.